The Balaban J connectivity index is 1.19. The SMILES string of the molecule is CC1(C)c2cccc(n2)-c2ccc(cc2)CCCc2cccc3c2Cc2ccc(cc2C3)Cc2ccc(cc2)-c2cccc1n2. The largest absolute Gasteiger partial charge is 0.252 e. The van der Waals surface area contributed by atoms with E-state index in [9.17, 15) is 0 Å². The van der Waals surface area contributed by atoms with E-state index in [1.807, 2.05) is 0 Å². The fourth-order valence-corrected chi connectivity index (χ4v) is 7.21. The first-order valence-corrected chi connectivity index (χ1v) is 16.3. The summed E-state index contributed by atoms with van der Waals surface area (Å²) in [4.78, 5) is 10.3. The van der Waals surface area contributed by atoms with Crippen LogP contribution in [0.15, 0.2) is 121 Å². The van der Waals surface area contributed by atoms with E-state index < -0.39 is 0 Å². The quantitative estimate of drug-likeness (QED) is 0.178. The highest BCUT2D eigenvalue weighted by Gasteiger charge is 2.27. The Morgan fingerprint density at radius 3 is 1.76 bits per heavy atom. The Kier molecular flexibility index (Phi) is 6.94. The highest BCUT2D eigenvalue weighted by Crippen LogP contribution is 2.34. The Morgan fingerprint density at radius 1 is 0.467 bits per heavy atom. The van der Waals surface area contributed by atoms with Gasteiger partial charge >= 0.3 is 0 Å². The van der Waals surface area contributed by atoms with Crippen molar-refractivity contribution < 1.29 is 0 Å². The smallest absolute Gasteiger partial charge is 0.0705 e. The third kappa shape index (κ3) is 5.40. The number of benzene rings is 4. The summed E-state index contributed by atoms with van der Waals surface area (Å²) in [6.07, 6.45) is 6.34. The lowest BCUT2D eigenvalue weighted by molar-refractivity contribution is 0.597. The minimum absolute atomic E-state index is 0.345. The molecule has 0 amide bonds. The molecular formula is C43H38N2. The first-order valence-electron chi connectivity index (χ1n) is 16.3. The maximum atomic E-state index is 5.17. The predicted octanol–water partition coefficient (Wildman–Crippen LogP) is 9.71. The Bertz CT molecular complexity index is 2020. The van der Waals surface area contributed by atoms with Crippen LogP contribution in [0, 0.1) is 0 Å². The van der Waals surface area contributed by atoms with Crippen molar-refractivity contribution in [1.29, 1.82) is 0 Å². The summed E-state index contributed by atoms with van der Waals surface area (Å²) in [5.74, 6) is 0. The molecule has 14 rings (SSSR count). The second-order valence-electron chi connectivity index (χ2n) is 13.4. The zero-order valence-corrected chi connectivity index (χ0v) is 26.2. The van der Waals surface area contributed by atoms with E-state index in [4.69, 9.17) is 9.97 Å². The van der Waals surface area contributed by atoms with Crippen molar-refractivity contribution in [1.82, 2.24) is 9.97 Å². The molecule has 7 aliphatic heterocycles. The van der Waals surface area contributed by atoms with Crippen molar-refractivity contribution in [3.63, 3.8) is 0 Å². The van der Waals surface area contributed by atoms with Crippen molar-refractivity contribution in [2.45, 2.75) is 57.8 Å². The maximum absolute atomic E-state index is 5.17. The molecule has 0 atom stereocenters. The van der Waals surface area contributed by atoms with Crippen molar-refractivity contribution >= 4 is 0 Å². The summed E-state index contributed by atoms with van der Waals surface area (Å²) in [5, 5.41) is 0. The lowest BCUT2D eigenvalue weighted by Gasteiger charge is -2.25. The van der Waals surface area contributed by atoms with Crippen LogP contribution in [0.4, 0.5) is 0 Å². The topological polar surface area (TPSA) is 25.8 Å². The highest BCUT2D eigenvalue weighted by atomic mass is 14.8. The number of aryl methyl sites for hydroxylation is 2. The van der Waals surface area contributed by atoms with Crippen molar-refractivity contribution in [2.24, 2.45) is 0 Å². The van der Waals surface area contributed by atoms with Crippen molar-refractivity contribution in [3.8, 4) is 22.5 Å². The molecule has 45 heavy (non-hydrogen) atoms. The molecule has 0 saturated carbocycles. The van der Waals surface area contributed by atoms with Gasteiger partial charge in [0.1, 0.15) is 0 Å². The molecule has 0 N–H and O–H groups in total. The second kappa shape index (κ2) is 11.3. The summed E-state index contributed by atoms with van der Waals surface area (Å²) >= 11 is 0. The average Bonchev–Trinajstić information content (AvgIpc) is 3.08. The van der Waals surface area contributed by atoms with Gasteiger partial charge in [-0.2, -0.15) is 0 Å². The van der Waals surface area contributed by atoms with Gasteiger partial charge in [-0.3, -0.25) is 9.97 Å². The average molecular weight is 583 g/mol. The lowest BCUT2D eigenvalue weighted by Crippen LogP contribution is -2.22. The number of aromatic nitrogens is 2. The molecule has 0 saturated heterocycles. The van der Waals surface area contributed by atoms with Gasteiger partial charge in [0.05, 0.1) is 22.8 Å². The van der Waals surface area contributed by atoms with Gasteiger partial charge in [0.15, 0.2) is 0 Å². The summed E-state index contributed by atoms with van der Waals surface area (Å²) in [6, 6.07) is 44.9. The van der Waals surface area contributed by atoms with Crippen LogP contribution in [0.5, 0.6) is 0 Å². The molecule has 0 unspecified atom stereocenters. The van der Waals surface area contributed by atoms with Crippen LogP contribution in [0.25, 0.3) is 22.5 Å². The molecule has 2 nitrogen and oxygen atoms in total. The van der Waals surface area contributed by atoms with Gasteiger partial charge < -0.3 is 0 Å². The monoisotopic (exact) mass is 582 g/mol. The second-order valence-corrected chi connectivity index (χ2v) is 13.4. The van der Waals surface area contributed by atoms with Crippen LogP contribution < -0.4 is 0 Å². The van der Waals surface area contributed by atoms with E-state index in [0.29, 0.717) is 0 Å². The minimum Gasteiger partial charge on any atom is -0.252 e. The number of pyridine rings is 2. The van der Waals surface area contributed by atoms with Gasteiger partial charge in [0.2, 0.25) is 0 Å². The van der Waals surface area contributed by atoms with Gasteiger partial charge in [-0.15, -0.1) is 0 Å². The maximum Gasteiger partial charge on any atom is 0.0705 e. The molecule has 220 valence electrons. The van der Waals surface area contributed by atoms with Crippen LogP contribution in [-0.4, -0.2) is 9.97 Å². The molecule has 14 bridgehead atoms. The van der Waals surface area contributed by atoms with Crippen LogP contribution in [0.1, 0.15) is 76.2 Å². The summed E-state index contributed by atoms with van der Waals surface area (Å²) in [5.41, 5.74) is 17.6. The minimum atomic E-state index is -0.345. The van der Waals surface area contributed by atoms with E-state index in [1.54, 1.807) is 5.56 Å². The fourth-order valence-electron chi connectivity index (χ4n) is 7.21. The van der Waals surface area contributed by atoms with Crippen LogP contribution in [-0.2, 0) is 37.5 Å². The number of rotatable bonds is 0. The van der Waals surface area contributed by atoms with E-state index in [2.05, 4.69) is 135 Å². The predicted molar refractivity (Wildman–Crippen MR) is 185 cm³/mol. The van der Waals surface area contributed by atoms with E-state index in [1.165, 1.54) is 38.9 Å². The molecule has 1 aliphatic carbocycles. The van der Waals surface area contributed by atoms with E-state index in [0.717, 1.165) is 72.4 Å². The number of hydrogen-bond acceptors (Lipinski definition) is 2. The molecule has 0 fully saturated rings. The van der Waals surface area contributed by atoms with E-state index >= 15 is 0 Å². The molecule has 4 aromatic carbocycles. The number of nitrogens with zero attached hydrogens (tertiary/aromatic N) is 2. The zero-order chi connectivity index (χ0) is 30.4. The molecule has 9 heterocycles. The molecule has 6 aromatic rings. The number of hydrogen-bond donors (Lipinski definition) is 0. The van der Waals surface area contributed by atoms with E-state index in [-0.39, 0.29) is 5.41 Å². The zero-order valence-electron chi connectivity index (χ0n) is 26.2. The third-order valence-corrected chi connectivity index (χ3v) is 9.99. The van der Waals surface area contributed by atoms with Crippen LogP contribution in [0.2, 0.25) is 0 Å². The summed E-state index contributed by atoms with van der Waals surface area (Å²) < 4.78 is 0. The Labute approximate surface area is 266 Å². The molecule has 2 aromatic heterocycles. The standard InChI is InChI=1S/C43H38N2/c1-43(2)41-13-5-11-39(44-41)33-20-15-29(16-21-33)7-3-8-32-9-4-10-36-27-37-26-31(19-24-35(37)28-38(32)36)25-30-17-22-34(23-18-30)40-12-6-14-42(43)45-40/h4-6,9-24,26H,3,7-8,25,27-28H2,1-2H3. The van der Waals surface area contributed by atoms with Crippen LogP contribution >= 0.6 is 0 Å². The molecule has 0 spiro atoms. The van der Waals surface area contributed by atoms with Gasteiger partial charge in [0, 0.05) is 16.5 Å². The van der Waals surface area contributed by atoms with Gasteiger partial charge in [0.25, 0.3) is 0 Å². The van der Waals surface area contributed by atoms with Crippen molar-refractivity contribution in [2.75, 3.05) is 0 Å². The van der Waals surface area contributed by atoms with Gasteiger partial charge in [-0.05, 0) is 121 Å². The normalized spacial score (nSPS) is 15.0. The third-order valence-electron chi connectivity index (χ3n) is 9.99. The van der Waals surface area contributed by atoms with Gasteiger partial charge in [-0.1, -0.05) is 97.1 Å². The first-order chi connectivity index (χ1) is 22.0. The fraction of sp³-hybridized carbons (Fsp3) is 0.209. The lowest BCUT2D eigenvalue weighted by atomic mass is 9.81. The van der Waals surface area contributed by atoms with Gasteiger partial charge in [-0.25, -0.2) is 0 Å². The molecule has 0 radical (unpaired) electrons. The Morgan fingerprint density at radius 2 is 1.07 bits per heavy atom. The Hall–Kier alpha value is -4.82. The summed E-state index contributed by atoms with van der Waals surface area (Å²) in [6.45, 7) is 4.45. The molecule has 8 aliphatic rings. The highest BCUT2D eigenvalue weighted by molar-refractivity contribution is 5.62. The van der Waals surface area contributed by atoms with Crippen molar-refractivity contribution in [3.05, 3.63) is 177 Å². The first kappa shape index (κ1) is 27.7. The molecular weight excluding hydrogens is 544 g/mol. The molecule has 2 heteroatoms. The summed E-state index contributed by atoms with van der Waals surface area (Å²) in [7, 11) is 0. The van der Waals surface area contributed by atoms with Crippen LogP contribution in [0.3, 0.4) is 0 Å².